The Balaban J connectivity index is 1.51. The number of hydrogen-bond donors (Lipinski definition) is 0. The van der Waals surface area contributed by atoms with E-state index in [-0.39, 0.29) is 11.6 Å². The van der Waals surface area contributed by atoms with Crippen molar-refractivity contribution in [2.24, 2.45) is 0 Å². The minimum Gasteiger partial charge on any atom is -0.355 e. The third-order valence-electron chi connectivity index (χ3n) is 3.87. The molecule has 2 aromatic heterocycles. The Morgan fingerprint density at radius 2 is 1.80 bits per heavy atom. The van der Waals surface area contributed by atoms with Gasteiger partial charge in [-0.05, 0) is 28.0 Å². The summed E-state index contributed by atoms with van der Waals surface area (Å²) in [5.41, 5.74) is 3.41. The first-order chi connectivity index (χ1) is 12.2. The van der Waals surface area contributed by atoms with Crippen LogP contribution in [0.3, 0.4) is 0 Å². The van der Waals surface area contributed by atoms with E-state index in [1.165, 1.54) is 0 Å². The third kappa shape index (κ3) is 2.99. The molecule has 0 spiro atoms. The summed E-state index contributed by atoms with van der Waals surface area (Å²) in [6, 6.07) is 16.7. The van der Waals surface area contributed by atoms with Crippen LogP contribution < -0.4 is 0 Å². The minimum atomic E-state index is -0.218. The molecule has 7 nitrogen and oxygen atoms in total. The molecule has 2 aromatic carbocycles. The van der Waals surface area contributed by atoms with E-state index in [0.717, 1.165) is 11.1 Å². The van der Waals surface area contributed by atoms with E-state index in [4.69, 9.17) is 4.52 Å². The Morgan fingerprint density at radius 3 is 2.64 bits per heavy atom. The number of nitrogens with zero attached hydrogens (tertiary/aromatic N) is 4. The molecule has 0 radical (unpaired) electrons. The van der Waals surface area contributed by atoms with Crippen LogP contribution in [-0.4, -0.2) is 33.3 Å². The minimum absolute atomic E-state index is 0.218. The fourth-order valence-corrected chi connectivity index (χ4v) is 2.58. The molecule has 4 rings (SSSR count). The van der Waals surface area contributed by atoms with Crippen molar-refractivity contribution in [1.82, 2.24) is 20.4 Å². The molecular weight excluding hydrogens is 320 g/mol. The monoisotopic (exact) mass is 334 g/mol. The molecule has 1 amide bonds. The van der Waals surface area contributed by atoms with Crippen molar-refractivity contribution in [1.29, 1.82) is 0 Å². The van der Waals surface area contributed by atoms with Crippen molar-refractivity contribution < 1.29 is 13.9 Å². The van der Waals surface area contributed by atoms with Gasteiger partial charge in [0, 0.05) is 25.2 Å². The summed E-state index contributed by atoms with van der Waals surface area (Å²) in [4.78, 5) is 14.1. The second-order valence-electron chi connectivity index (χ2n) is 5.69. The second kappa shape index (κ2) is 6.20. The zero-order chi connectivity index (χ0) is 17.2. The van der Waals surface area contributed by atoms with E-state index in [1.54, 1.807) is 18.0 Å². The van der Waals surface area contributed by atoms with Crippen molar-refractivity contribution in [3.63, 3.8) is 0 Å². The molecule has 0 unspecified atom stereocenters. The Kier molecular flexibility index (Phi) is 3.74. The van der Waals surface area contributed by atoms with E-state index >= 15 is 0 Å². The summed E-state index contributed by atoms with van der Waals surface area (Å²) >= 11 is 0. The number of amides is 1. The van der Waals surface area contributed by atoms with Crippen molar-refractivity contribution in [2.45, 2.75) is 6.54 Å². The van der Waals surface area contributed by atoms with Crippen LogP contribution in [-0.2, 0) is 6.54 Å². The average Bonchev–Trinajstić information content (AvgIpc) is 3.31. The maximum absolute atomic E-state index is 12.6. The van der Waals surface area contributed by atoms with Gasteiger partial charge in [0.2, 0.25) is 0 Å². The van der Waals surface area contributed by atoms with Gasteiger partial charge in [-0.1, -0.05) is 41.6 Å². The van der Waals surface area contributed by atoms with Crippen LogP contribution in [0.1, 0.15) is 16.1 Å². The lowest BCUT2D eigenvalue weighted by atomic mass is 10.1. The van der Waals surface area contributed by atoms with Crippen molar-refractivity contribution in [3.05, 3.63) is 65.9 Å². The molecular formula is C18H14N4O3. The second-order valence-corrected chi connectivity index (χ2v) is 5.69. The number of carbonyl (C=O) groups excluding carboxylic acids is 1. The van der Waals surface area contributed by atoms with Crippen LogP contribution in [0.2, 0.25) is 0 Å². The molecule has 0 aliphatic heterocycles. The van der Waals surface area contributed by atoms with Gasteiger partial charge in [0.15, 0.2) is 11.5 Å². The first kappa shape index (κ1) is 15.1. The lowest BCUT2D eigenvalue weighted by Gasteiger charge is -2.15. The molecule has 0 saturated heterocycles. The third-order valence-corrected chi connectivity index (χ3v) is 3.87. The van der Waals surface area contributed by atoms with Crippen molar-refractivity contribution in [2.75, 3.05) is 7.05 Å². The van der Waals surface area contributed by atoms with Gasteiger partial charge in [-0.25, -0.2) is 4.63 Å². The number of hydrogen-bond acceptors (Lipinski definition) is 6. The van der Waals surface area contributed by atoms with Crippen LogP contribution in [0, 0.1) is 0 Å². The lowest BCUT2D eigenvalue weighted by Crippen LogP contribution is -2.26. The number of aromatic nitrogens is 3. The Labute approximate surface area is 142 Å². The van der Waals surface area contributed by atoms with E-state index < -0.39 is 0 Å². The molecule has 2 heterocycles. The molecule has 25 heavy (non-hydrogen) atoms. The lowest BCUT2D eigenvalue weighted by molar-refractivity contribution is 0.0775. The molecule has 0 N–H and O–H groups in total. The zero-order valence-corrected chi connectivity index (χ0v) is 13.4. The predicted octanol–water partition coefficient (Wildman–Crippen LogP) is 3.15. The van der Waals surface area contributed by atoms with E-state index in [0.29, 0.717) is 23.3 Å². The Morgan fingerprint density at radius 1 is 1.00 bits per heavy atom. The smallest absolute Gasteiger partial charge is 0.276 e. The topological polar surface area (TPSA) is 85.3 Å². The van der Waals surface area contributed by atoms with Gasteiger partial charge in [-0.15, -0.1) is 0 Å². The first-order valence-corrected chi connectivity index (χ1v) is 7.69. The van der Waals surface area contributed by atoms with Crippen LogP contribution in [0.15, 0.2) is 63.7 Å². The summed E-state index contributed by atoms with van der Waals surface area (Å²) in [6.07, 6.45) is 0. The molecule has 0 aliphatic carbocycles. The average molecular weight is 334 g/mol. The van der Waals surface area contributed by atoms with Gasteiger partial charge in [0.05, 0.1) is 0 Å². The highest BCUT2D eigenvalue weighted by molar-refractivity contribution is 5.93. The van der Waals surface area contributed by atoms with Crippen LogP contribution in [0.4, 0.5) is 0 Å². The van der Waals surface area contributed by atoms with Gasteiger partial charge in [-0.3, -0.25) is 4.79 Å². The van der Waals surface area contributed by atoms with Crippen molar-refractivity contribution >= 4 is 16.9 Å². The zero-order valence-electron chi connectivity index (χ0n) is 13.4. The van der Waals surface area contributed by atoms with Crippen LogP contribution >= 0.6 is 0 Å². The molecule has 0 saturated carbocycles. The van der Waals surface area contributed by atoms with Crippen LogP contribution in [0.5, 0.6) is 0 Å². The summed E-state index contributed by atoms with van der Waals surface area (Å²) < 4.78 is 9.97. The summed E-state index contributed by atoms with van der Waals surface area (Å²) in [5.74, 6) is 0.344. The van der Waals surface area contributed by atoms with Crippen molar-refractivity contribution in [3.8, 4) is 11.3 Å². The summed E-state index contributed by atoms with van der Waals surface area (Å²) in [7, 11) is 1.71. The van der Waals surface area contributed by atoms with E-state index in [2.05, 4.69) is 20.1 Å². The Bertz CT molecular complexity index is 1020. The Hall–Kier alpha value is -3.48. The number of carbonyl (C=O) groups is 1. The van der Waals surface area contributed by atoms with Crippen LogP contribution in [0.25, 0.3) is 22.4 Å². The van der Waals surface area contributed by atoms with Gasteiger partial charge in [0.1, 0.15) is 11.0 Å². The maximum atomic E-state index is 12.6. The highest BCUT2D eigenvalue weighted by Gasteiger charge is 2.18. The molecule has 0 fully saturated rings. The SMILES string of the molecule is CN(Cc1ccc2nonc2c1)C(=O)c1cc(-c2ccccc2)on1. The van der Waals surface area contributed by atoms with Gasteiger partial charge in [0.25, 0.3) is 5.91 Å². The molecule has 0 aliphatic rings. The normalized spacial score (nSPS) is 10.9. The van der Waals surface area contributed by atoms with Gasteiger partial charge < -0.3 is 9.42 Å². The van der Waals surface area contributed by atoms with E-state index in [9.17, 15) is 4.79 Å². The fourth-order valence-electron chi connectivity index (χ4n) is 2.58. The summed E-state index contributed by atoms with van der Waals surface area (Å²) in [6.45, 7) is 0.412. The number of benzene rings is 2. The molecule has 124 valence electrons. The molecule has 0 bridgehead atoms. The largest absolute Gasteiger partial charge is 0.355 e. The highest BCUT2D eigenvalue weighted by atomic mass is 16.6. The van der Waals surface area contributed by atoms with E-state index in [1.807, 2.05) is 48.5 Å². The van der Waals surface area contributed by atoms with Gasteiger partial charge in [-0.2, -0.15) is 0 Å². The number of fused-ring (bicyclic) bond motifs is 1. The number of rotatable bonds is 4. The molecule has 0 atom stereocenters. The standard InChI is InChI=1S/C18H14N4O3/c1-22(11-12-7-8-14-15(9-12)21-25-20-14)18(23)16-10-17(24-19-16)13-5-3-2-4-6-13/h2-10H,11H2,1H3. The summed E-state index contributed by atoms with van der Waals surface area (Å²) in [5, 5.41) is 11.5. The molecule has 4 aromatic rings. The predicted molar refractivity (Wildman–Crippen MR) is 89.5 cm³/mol. The quantitative estimate of drug-likeness (QED) is 0.570. The first-order valence-electron chi connectivity index (χ1n) is 7.69. The fraction of sp³-hybridized carbons (Fsp3) is 0.111. The maximum Gasteiger partial charge on any atom is 0.276 e. The van der Waals surface area contributed by atoms with Gasteiger partial charge >= 0.3 is 0 Å². The highest BCUT2D eigenvalue weighted by Crippen LogP contribution is 2.21. The molecule has 7 heteroatoms.